The Bertz CT molecular complexity index is 1480. The van der Waals surface area contributed by atoms with Gasteiger partial charge in [-0.15, -0.1) is 0 Å². The summed E-state index contributed by atoms with van der Waals surface area (Å²) < 4.78 is 32.4. The van der Waals surface area contributed by atoms with Gasteiger partial charge in [0.15, 0.2) is 0 Å². The molecule has 2 aromatic heterocycles. The van der Waals surface area contributed by atoms with Crippen LogP contribution in [0.3, 0.4) is 0 Å². The Balaban J connectivity index is 1.72. The Labute approximate surface area is 198 Å². The molecule has 0 aliphatic heterocycles. The summed E-state index contributed by atoms with van der Waals surface area (Å²) in [5, 5.41) is 7.43. The number of carbonyl (C=O) groups excluding carboxylic acids is 1. The van der Waals surface area contributed by atoms with E-state index in [9.17, 15) is 13.2 Å². The van der Waals surface area contributed by atoms with Gasteiger partial charge in [0.2, 0.25) is 10.0 Å². The number of fused-ring (bicyclic) bond motifs is 1. The number of sulfonamides is 1. The van der Waals surface area contributed by atoms with Gasteiger partial charge >= 0.3 is 0 Å². The van der Waals surface area contributed by atoms with Crippen molar-refractivity contribution in [3.05, 3.63) is 70.9 Å². The summed E-state index contributed by atoms with van der Waals surface area (Å²) in [6.07, 6.45) is 0.504. The first-order valence-corrected chi connectivity index (χ1v) is 12.6. The monoisotopic (exact) mass is 478 g/mol. The van der Waals surface area contributed by atoms with Crippen molar-refractivity contribution in [3.8, 4) is 11.3 Å². The number of amides is 1. The third-order valence-corrected chi connectivity index (χ3v) is 7.01. The highest BCUT2D eigenvalue weighted by Crippen LogP contribution is 2.29. The van der Waals surface area contributed by atoms with Crippen LogP contribution in [0.1, 0.15) is 40.5 Å². The molecular formula is C25H26N4O4S. The predicted molar refractivity (Wildman–Crippen MR) is 134 cm³/mol. The molecule has 0 spiro atoms. The molecule has 2 aromatic carbocycles. The van der Waals surface area contributed by atoms with Gasteiger partial charge in [0.05, 0.1) is 33.8 Å². The van der Waals surface area contributed by atoms with Gasteiger partial charge in [-0.25, -0.2) is 13.4 Å². The van der Waals surface area contributed by atoms with E-state index in [0.29, 0.717) is 45.7 Å². The van der Waals surface area contributed by atoms with Crippen LogP contribution in [0.15, 0.2) is 53.1 Å². The highest BCUT2D eigenvalue weighted by Gasteiger charge is 2.21. The first kappa shape index (κ1) is 23.4. The number of pyridine rings is 1. The first-order chi connectivity index (χ1) is 16.2. The lowest BCUT2D eigenvalue weighted by Gasteiger charge is -2.15. The lowest BCUT2D eigenvalue weighted by Crippen LogP contribution is -2.18. The SMILES string of the molecule is CCCS(=O)(=O)Nc1cccc(NC(=O)c2cc(-c3ccc(C)cc3)nc3onc(C)c23)c1C. The fourth-order valence-electron chi connectivity index (χ4n) is 3.70. The molecule has 0 aliphatic carbocycles. The van der Waals surface area contributed by atoms with E-state index in [2.05, 4.69) is 20.2 Å². The number of hydrogen-bond donors (Lipinski definition) is 2. The molecule has 2 heterocycles. The van der Waals surface area contributed by atoms with Crippen molar-refractivity contribution >= 4 is 38.4 Å². The summed E-state index contributed by atoms with van der Waals surface area (Å²) in [5.41, 5.74) is 5.29. The molecule has 0 radical (unpaired) electrons. The van der Waals surface area contributed by atoms with Gasteiger partial charge < -0.3 is 9.84 Å². The lowest BCUT2D eigenvalue weighted by atomic mass is 10.0. The van der Waals surface area contributed by atoms with Crippen LogP contribution < -0.4 is 10.0 Å². The summed E-state index contributed by atoms with van der Waals surface area (Å²) in [6.45, 7) is 7.31. The zero-order chi connectivity index (χ0) is 24.5. The van der Waals surface area contributed by atoms with Crippen molar-refractivity contribution in [1.29, 1.82) is 0 Å². The topological polar surface area (TPSA) is 114 Å². The van der Waals surface area contributed by atoms with E-state index >= 15 is 0 Å². The van der Waals surface area contributed by atoms with E-state index in [0.717, 1.165) is 11.1 Å². The molecule has 4 rings (SSSR count). The molecule has 1 amide bonds. The molecule has 8 nitrogen and oxygen atoms in total. The third-order valence-electron chi connectivity index (χ3n) is 5.53. The molecule has 0 atom stereocenters. The number of aryl methyl sites for hydroxylation is 2. The molecule has 0 saturated carbocycles. The number of aromatic nitrogens is 2. The predicted octanol–water partition coefficient (Wildman–Crippen LogP) is 5.22. The number of anilines is 2. The number of carbonyl (C=O) groups is 1. The molecule has 0 saturated heterocycles. The van der Waals surface area contributed by atoms with Crippen molar-refractivity contribution in [2.75, 3.05) is 15.8 Å². The number of nitrogens with one attached hydrogen (secondary N) is 2. The number of nitrogens with zero attached hydrogens (tertiary/aromatic N) is 2. The van der Waals surface area contributed by atoms with Crippen LogP contribution in [-0.4, -0.2) is 30.2 Å². The van der Waals surface area contributed by atoms with E-state index in [1.54, 1.807) is 45.0 Å². The molecule has 0 aliphatic rings. The van der Waals surface area contributed by atoms with Gasteiger partial charge in [-0.05, 0) is 51.0 Å². The van der Waals surface area contributed by atoms with Crippen LogP contribution in [0.2, 0.25) is 0 Å². The largest absolute Gasteiger partial charge is 0.335 e. The van der Waals surface area contributed by atoms with Crippen molar-refractivity contribution in [2.24, 2.45) is 0 Å². The van der Waals surface area contributed by atoms with Crippen LogP contribution in [0.5, 0.6) is 0 Å². The molecule has 0 bridgehead atoms. The lowest BCUT2D eigenvalue weighted by molar-refractivity contribution is 0.102. The minimum Gasteiger partial charge on any atom is -0.335 e. The second-order valence-corrected chi connectivity index (χ2v) is 10.1. The van der Waals surface area contributed by atoms with E-state index < -0.39 is 10.0 Å². The minimum atomic E-state index is -3.46. The van der Waals surface area contributed by atoms with Gasteiger partial charge in [-0.1, -0.05) is 48.0 Å². The molecule has 9 heteroatoms. The van der Waals surface area contributed by atoms with Gasteiger partial charge in [0.1, 0.15) is 0 Å². The van der Waals surface area contributed by atoms with E-state index in [4.69, 9.17) is 4.52 Å². The first-order valence-electron chi connectivity index (χ1n) is 10.9. The van der Waals surface area contributed by atoms with Crippen molar-refractivity contribution < 1.29 is 17.7 Å². The second-order valence-electron chi connectivity index (χ2n) is 8.22. The average Bonchev–Trinajstić information content (AvgIpc) is 3.17. The second kappa shape index (κ2) is 9.26. The Morgan fingerprint density at radius 1 is 1.03 bits per heavy atom. The van der Waals surface area contributed by atoms with Crippen molar-refractivity contribution in [2.45, 2.75) is 34.1 Å². The number of benzene rings is 2. The quantitative estimate of drug-likeness (QED) is 0.376. The zero-order valence-corrected chi connectivity index (χ0v) is 20.3. The minimum absolute atomic E-state index is 0.0204. The molecule has 34 heavy (non-hydrogen) atoms. The Morgan fingerprint density at radius 3 is 2.44 bits per heavy atom. The summed E-state index contributed by atoms with van der Waals surface area (Å²) in [7, 11) is -3.46. The number of hydrogen-bond acceptors (Lipinski definition) is 6. The van der Waals surface area contributed by atoms with E-state index in [-0.39, 0.29) is 17.4 Å². The van der Waals surface area contributed by atoms with Crippen LogP contribution in [0.4, 0.5) is 11.4 Å². The highest BCUT2D eigenvalue weighted by molar-refractivity contribution is 7.92. The Hall–Kier alpha value is -3.72. The molecule has 176 valence electrons. The maximum atomic E-state index is 13.4. The highest BCUT2D eigenvalue weighted by atomic mass is 32.2. The summed E-state index contributed by atoms with van der Waals surface area (Å²) in [5.74, 6) is -0.351. The van der Waals surface area contributed by atoms with Crippen LogP contribution in [-0.2, 0) is 10.0 Å². The molecule has 4 aromatic rings. The number of rotatable bonds is 7. The standard InChI is InChI=1S/C25H26N4O4S/c1-5-13-34(31,32)29-21-8-6-7-20(16(21)3)26-24(30)19-14-22(18-11-9-15(2)10-12-18)27-25-23(19)17(4)28-33-25/h6-12,14,29H,5,13H2,1-4H3,(H,26,30). The summed E-state index contributed by atoms with van der Waals surface area (Å²) in [6, 6.07) is 14.6. The molecule has 0 fully saturated rings. The van der Waals surface area contributed by atoms with E-state index in [1.165, 1.54) is 0 Å². The van der Waals surface area contributed by atoms with Crippen LogP contribution in [0.25, 0.3) is 22.4 Å². The zero-order valence-electron chi connectivity index (χ0n) is 19.5. The molecule has 0 unspecified atom stereocenters. The maximum absolute atomic E-state index is 13.4. The fraction of sp³-hybridized carbons (Fsp3) is 0.240. The van der Waals surface area contributed by atoms with Crippen LogP contribution >= 0.6 is 0 Å². The Morgan fingerprint density at radius 2 is 1.74 bits per heavy atom. The van der Waals surface area contributed by atoms with Crippen molar-refractivity contribution in [1.82, 2.24) is 10.1 Å². The van der Waals surface area contributed by atoms with Crippen molar-refractivity contribution in [3.63, 3.8) is 0 Å². The summed E-state index contributed by atoms with van der Waals surface area (Å²) in [4.78, 5) is 18.0. The molecular weight excluding hydrogens is 452 g/mol. The van der Waals surface area contributed by atoms with Gasteiger partial charge in [-0.3, -0.25) is 9.52 Å². The molecule has 2 N–H and O–H groups in total. The third kappa shape index (κ3) is 4.79. The van der Waals surface area contributed by atoms with Gasteiger partial charge in [0.25, 0.3) is 11.6 Å². The average molecular weight is 479 g/mol. The smallest absolute Gasteiger partial charge is 0.259 e. The summed E-state index contributed by atoms with van der Waals surface area (Å²) >= 11 is 0. The van der Waals surface area contributed by atoms with Gasteiger partial charge in [-0.2, -0.15) is 0 Å². The fourth-order valence-corrected chi connectivity index (χ4v) is 4.90. The van der Waals surface area contributed by atoms with Crippen LogP contribution in [0, 0.1) is 20.8 Å². The van der Waals surface area contributed by atoms with Gasteiger partial charge in [0, 0.05) is 11.3 Å². The Kier molecular flexibility index (Phi) is 6.39. The normalized spacial score (nSPS) is 11.5. The van der Waals surface area contributed by atoms with E-state index in [1.807, 2.05) is 31.2 Å². The maximum Gasteiger partial charge on any atom is 0.259 e.